The maximum Gasteiger partial charge on any atom is 0.225 e. The Kier molecular flexibility index (Phi) is 2.83. The van der Waals surface area contributed by atoms with Crippen LogP contribution in [0.15, 0.2) is 48.7 Å². The van der Waals surface area contributed by atoms with Crippen LogP contribution in [-0.2, 0) is 4.79 Å². The van der Waals surface area contributed by atoms with Gasteiger partial charge in [0.25, 0.3) is 0 Å². The van der Waals surface area contributed by atoms with E-state index in [1.165, 1.54) is 0 Å². The van der Waals surface area contributed by atoms with Gasteiger partial charge in [-0.25, -0.2) is 0 Å². The van der Waals surface area contributed by atoms with E-state index in [2.05, 4.69) is 10.3 Å². The summed E-state index contributed by atoms with van der Waals surface area (Å²) in [5.74, 6) is -0.685. The molecule has 0 saturated carbocycles. The summed E-state index contributed by atoms with van der Waals surface area (Å²) in [4.78, 5) is 28.2. The van der Waals surface area contributed by atoms with E-state index in [0.717, 1.165) is 5.56 Å². The van der Waals surface area contributed by atoms with Gasteiger partial charge in [-0.15, -0.1) is 0 Å². The molecule has 0 fully saturated rings. The van der Waals surface area contributed by atoms with Crippen LogP contribution >= 0.6 is 0 Å². The number of aromatic nitrogens is 1. The lowest BCUT2D eigenvalue weighted by Gasteiger charge is -2.24. The first-order chi connectivity index (χ1) is 9.25. The molecule has 19 heavy (non-hydrogen) atoms. The lowest BCUT2D eigenvalue weighted by atomic mass is 9.86. The molecule has 94 valence electrons. The predicted octanol–water partition coefficient (Wildman–Crippen LogP) is 2.39. The van der Waals surface area contributed by atoms with Crippen molar-refractivity contribution in [3.63, 3.8) is 0 Å². The van der Waals surface area contributed by atoms with Crippen molar-refractivity contribution in [2.75, 3.05) is 5.32 Å². The summed E-state index contributed by atoms with van der Waals surface area (Å²) in [5.41, 5.74) is 1.97. The first-order valence-electron chi connectivity index (χ1n) is 6.10. The largest absolute Gasteiger partial charge is 0.326 e. The molecule has 1 aromatic heterocycles. The number of nitrogens with zero attached hydrogens (tertiary/aromatic N) is 1. The van der Waals surface area contributed by atoms with Crippen molar-refractivity contribution >= 4 is 17.4 Å². The Hall–Kier alpha value is -2.49. The standard InChI is InChI=1S/C15H12N2O2/c18-14-9-11(10-5-1-2-6-12(10)17-14)15(19)13-7-3-4-8-16-13/h1-8,11H,9H2,(H,17,18). The molecule has 2 aromatic rings. The molecule has 1 amide bonds. The molecule has 0 spiro atoms. The normalized spacial score (nSPS) is 17.5. The lowest BCUT2D eigenvalue weighted by Crippen LogP contribution is -2.27. The zero-order valence-electron chi connectivity index (χ0n) is 10.2. The molecule has 3 rings (SSSR count). The van der Waals surface area contributed by atoms with E-state index in [1.54, 1.807) is 24.4 Å². The van der Waals surface area contributed by atoms with E-state index in [4.69, 9.17) is 0 Å². The summed E-state index contributed by atoms with van der Waals surface area (Å²) in [6.45, 7) is 0. The maximum absolute atomic E-state index is 12.5. The van der Waals surface area contributed by atoms with Gasteiger partial charge >= 0.3 is 0 Å². The van der Waals surface area contributed by atoms with Gasteiger partial charge in [-0.1, -0.05) is 24.3 Å². The van der Waals surface area contributed by atoms with Crippen molar-refractivity contribution < 1.29 is 9.59 Å². The van der Waals surface area contributed by atoms with Crippen molar-refractivity contribution in [1.82, 2.24) is 4.98 Å². The van der Waals surface area contributed by atoms with Gasteiger partial charge in [0.05, 0.1) is 5.92 Å². The Balaban J connectivity index is 2.02. The number of amides is 1. The van der Waals surface area contributed by atoms with E-state index >= 15 is 0 Å². The number of hydrogen-bond donors (Lipinski definition) is 1. The minimum atomic E-state index is -0.445. The number of ketones is 1. The molecule has 1 aliphatic heterocycles. The molecule has 1 unspecified atom stereocenters. The fourth-order valence-electron chi connectivity index (χ4n) is 2.33. The van der Waals surface area contributed by atoms with Gasteiger partial charge in [0, 0.05) is 18.3 Å². The highest BCUT2D eigenvalue weighted by molar-refractivity contribution is 6.07. The highest BCUT2D eigenvalue weighted by atomic mass is 16.2. The third-order valence-corrected chi connectivity index (χ3v) is 3.23. The van der Waals surface area contributed by atoms with Crippen molar-refractivity contribution in [1.29, 1.82) is 0 Å². The second-order valence-electron chi connectivity index (χ2n) is 4.47. The van der Waals surface area contributed by atoms with Crippen LogP contribution < -0.4 is 5.32 Å². The molecule has 0 aliphatic carbocycles. The van der Waals surface area contributed by atoms with Crippen LogP contribution in [0.4, 0.5) is 5.69 Å². The SMILES string of the molecule is O=C1CC(C(=O)c2ccccn2)c2ccccc2N1. The Morgan fingerprint density at radius 3 is 2.74 bits per heavy atom. The number of benzene rings is 1. The van der Waals surface area contributed by atoms with Crippen LogP contribution in [0.5, 0.6) is 0 Å². The number of pyridine rings is 1. The van der Waals surface area contributed by atoms with Crippen LogP contribution in [0.1, 0.15) is 28.4 Å². The average Bonchev–Trinajstić information content (AvgIpc) is 2.46. The molecule has 1 N–H and O–H groups in total. The second-order valence-corrected chi connectivity index (χ2v) is 4.47. The third kappa shape index (κ3) is 2.12. The van der Waals surface area contributed by atoms with Crippen LogP contribution in [0.2, 0.25) is 0 Å². The number of para-hydroxylation sites is 1. The summed E-state index contributed by atoms with van der Waals surface area (Å²) in [7, 11) is 0. The smallest absolute Gasteiger partial charge is 0.225 e. The van der Waals surface area contributed by atoms with E-state index in [1.807, 2.05) is 24.3 Å². The van der Waals surface area contributed by atoms with Gasteiger partial charge in [-0.05, 0) is 23.8 Å². The third-order valence-electron chi connectivity index (χ3n) is 3.23. The summed E-state index contributed by atoms with van der Waals surface area (Å²) >= 11 is 0. The minimum Gasteiger partial charge on any atom is -0.326 e. The van der Waals surface area contributed by atoms with Crippen LogP contribution in [0.3, 0.4) is 0 Å². The molecule has 4 heteroatoms. The highest BCUT2D eigenvalue weighted by Crippen LogP contribution is 2.33. The van der Waals surface area contributed by atoms with Crippen molar-refractivity contribution in [3.8, 4) is 0 Å². The molecule has 1 aromatic carbocycles. The van der Waals surface area contributed by atoms with Gasteiger partial charge in [-0.2, -0.15) is 0 Å². The average molecular weight is 252 g/mol. The summed E-state index contributed by atoms with van der Waals surface area (Å²) < 4.78 is 0. The summed E-state index contributed by atoms with van der Waals surface area (Å²) in [6, 6.07) is 12.6. The van der Waals surface area contributed by atoms with Crippen molar-refractivity contribution in [2.45, 2.75) is 12.3 Å². The monoisotopic (exact) mass is 252 g/mol. The summed E-state index contributed by atoms with van der Waals surface area (Å²) in [5, 5.41) is 2.78. The van der Waals surface area contributed by atoms with E-state index in [9.17, 15) is 9.59 Å². The molecule has 0 bridgehead atoms. The number of carbonyl (C=O) groups is 2. The van der Waals surface area contributed by atoms with Crippen LogP contribution in [-0.4, -0.2) is 16.7 Å². The predicted molar refractivity (Wildman–Crippen MR) is 71.0 cm³/mol. The van der Waals surface area contributed by atoms with E-state index in [-0.39, 0.29) is 18.1 Å². The number of nitrogens with one attached hydrogen (secondary N) is 1. The fourth-order valence-corrected chi connectivity index (χ4v) is 2.33. The maximum atomic E-state index is 12.5. The molecule has 2 heterocycles. The second kappa shape index (κ2) is 4.65. The number of carbonyl (C=O) groups excluding carboxylic acids is 2. The van der Waals surface area contributed by atoms with Gasteiger partial charge in [0.15, 0.2) is 5.78 Å². The zero-order chi connectivity index (χ0) is 13.2. The Morgan fingerprint density at radius 2 is 1.95 bits per heavy atom. The quantitative estimate of drug-likeness (QED) is 0.835. The molecule has 0 radical (unpaired) electrons. The van der Waals surface area contributed by atoms with Crippen LogP contribution in [0, 0.1) is 0 Å². The lowest BCUT2D eigenvalue weighted by molar-refractivity contribution is -0.116. The van der Waals surface area contributed by atoms with Gasteiger partial charge in [0.2, 0.25) is 5.91 Å². The highest BCUT2D eigenvalue weighted by Gasteiger charge is 2.31. The molecule has 1 atom stereocenters. The van der Waals surface area contributed by atoms with E-state index < -0.39 is 5.92 Å². The number of Topliss-reactive ketones (excluding diaryl/α,β-unsaturated/α-hetero) is 1. The molecular weight excluding hydrogens is 240 g/mol. The summed E-state index contributed by atoms with van der Waals surface area (Å²) in [6.07, 6.45) is 1.76. The molecule has 1 aliphatic rings. The first-order valence-corrected chi connectivity index (χ1v) is 6.10. The Bertz CT molecular complexity index is 638. The van der Waals surface area contributed by atoms with Crippen molar-refractivity contribution in [3.05, 3.63) is 59.9 Å². The first kappa shape index (κ1) is 11.6. The zero-order valence-corrected chi connectivity index (χ0v) is 10.2. The van der Waals surface area contributed by atoms with Gasteiger partial charge < -0.3 is 5.32 Å². The van der Waals surface area contributed by atoms with Gasteiger partial charge in [-0.3, -0.25) is 14.6 Å². The molecule has 4 nitrogen and oxygen atoms in total. The molecule has 0 saturated heterocycles. The topological polar surface area (TPSA) is 59.1 Å². The number of anilines is 1. The van der Waals surface area contributed by atoms with Crippen LogP contribution in [0.25, 0.3) is 0 Å². The van der Waals surface area contributed by atoms with Crippen molar-refractivity contribution in [2.24, 2.45) is 0 Å². The number of fused-ring (bicyclic) bond motifs is 1. The van der Waals surface area contributed by atoms with Gasteiger partial charge in [0.1, 0.15) is 5.69 Å². The number of rotatable bonds is 2. The Morgan fingerprint density at radius 1 is 1.16 bits per heavy atom. The fraction of sp³-hybridized carbons (Fsp3) is 0.133. The van der Waals surface area contributed by atoms with E-state index in [0.29, 0.717) is 11.4 Å². The Labute approximate surface area is 110 Å². The molecular formula is C15H12N2O2. The number of hydrogen-bond acceptors (Lipinski definition) is 3. The minimum absolute atomic E-state index is 0.108.